The normalized spacial score (nSPS) is 12.1. The Labute approximate surface area is 123 Å². The monoisotopic (exact) mass is 280 g/mol. The number of ether oxygens (including phenoxy) is 1. The van der Waals surface area contributed by atoms with Gasteiger partial charge in [0.15, 0.2) is 0 Å². The molecule has 0 fully saturated rings. The summed E-state index contributed by atoms with van der Waals surface area (Å²) in [6, 6.07) is 17.2. The van der Waals surface area contributed by atoms with E-state index in [0.717, 1.165) is 22.7 Å². The van der Waals surface area contributed by atoms with Crippen molar-refractivity contribution in [2.24, 2.45) is 0 Å². The second-order valence-corrected chi connectivity index (χ2v) is 4.73. The van der Waals surface area contributed by atoms with Crippen LogP contribution in [0.2, 0.25) is 0 Å². The molecule has 1 heterocycles. The first-order valence-electron chi connectivity index (χ1n) is 6.70. The van der Waals surface area contributed by atoms with Crippen molar-refractivity contribution >= 4 is 0 Å². The molecule has 3 aromatic rings. The van der Waals surface area contributed by atoms with Crippen LogP contribution in [0.3, 0.4) is 0 Å². The third kappa shape index (κ3) is 2.80. The molecule has 0 aliphatic rings. The highest BCUT2D eigenvalue weighted by molar-refractivity contribution is 5.55. The van der Waals surface area contributed by atoms with E-state index in [1.165, 1.54) is 0 Å². The quantitative estimate of drug-likeness (QED) is 0.771. The van der Waals surface area contributed by atoms with Crippen molar-refractivity contribution in [3.63, 3.8) is 0 Å². The maximum Gasteiger partial charge on any atom is 0.137 e. The van der Waals surface area contributed by atoms with Gasteiger partial charge in [0.05, 0.1) is 19.0 Å². The number of nitrogens with one attached hydrogen (secondary N) is 1. The standard InChI is InChI=1S/C17H16N2O2/c1-21-14-9-7-12(8-10-14)16(20)15-11-18-17(19-15)13-5-3-2-4-6-13/h2-11,16,20H,1H3,(H,18,19). The van der Waals surface area contributed by atoms with Crippen molar-refractivity contribution in [1.29, 1.82) is 0 Å². The van der Waals surface area contributed by atoms with Crippen molar-refractivity contribution in [1.82, 2.24) is 9.97 Å². The van der Waals surface area contributed by atoms with Crippen LogP contribution in [0.5, 0.6) is 5.75 Å². The van der Waals surface area contributed by atoms with E-state index >= 15 is 0 Å². The Morgan fingerprint density at radius 1 is 1.05 bits per heavy atom. The largest absolute Gasteiger partial charge is 0.497 e. The summed E-state index contributed by atoms with van der Waals surface area (Å²) in [5, 5.41) is 10.4. The number of aromatic amines is 1. The Hall–Kier alpha value is -2.59. The number of aliphatic hydroxyl groups excluding tert-OH is 1. The third-order valence-electron chi connectivity index (χ3n) is 3.37. The van der Waals surface area contributed by atoms with E-state index < -0.39 is 6.10 Å². The number of hydrogen-bond donors (Lipinski definition) is 2. The molecule has 1 atom stereocenters. The molecule has 0 saturated carbocycles. The number of aliphatic hydroxyl groups is 1. The van der Waals surface area contributed by atoms with Crippen molar-refractivity contribution in [3.05, 3.63) is 72.1 Å². The third-order valence-corrected chi connectivity index (χ3v) is 3.37. The molecular weight excluding hydrogens is 264 g/mol. The van der Waals surface area contributed by atoms with Crippen LogP contribution in [-0.2, 0) is 0 Å². The number of imidazole rings is 1. The number of methoxy groups -OCH3 is 1. The maximum atomic E-state index is 10.4. The summed E-state index contributed by atoms with van der Waals surface area (Å²) in [5.41, 5.74) is 2.45. The molecule has 2 aromatic carbocycles. The van der Waals surface area contributed by atoms with Gasteiger partial charge in [-0.1, -0.05) is 42.5 Å². The van der Waals surface area contributed by atoms with Gasteiger partial charge in [0.1, 0.15) is 17.7 Å². The smallest absolute Gasteiger partial charge is 0.137 e. The summed E-state index contributed by atoms with van der Waals surface area (Å²) in [4.78, 5) is 7.49. The lowest BCUT2D eigenvalue weighted by atomic mass is 10.1. The molecule has 4 heteroatoms. The van der Waals surface area contributed by atoms with E-state index in [4.69, 9.17) is 4.74 Å². The summed E-state index contributed by atoms with van der Waals surface area (Å²) < 4.78 is 5.11. The van der Waals surface area contributed by atoms with Crippen LogP contribution in [0, 0.1) is 0 Å². The second-order valence-electron chi connectivity index (χ2n) is 4.73. The van der Waals surface area contributed by atoms with Gasteiger partial charge in [-0.3, -0.25) is 0 Å². The van der Waals surface area contributed by atoms with E-state index in [1.54, 1.807) is 13.3 Å². The first kappa shape index (κ1) is 13.4. The fraction of sp³-hybridized carbons (Fsp3) is 0.118. The molecule has 0 spiro atoms. The molecule has 0 aliphatic carbocycles. The Balaban J connectivity index is 1.85. The zero-order valence-electron chi connectivity index (χ0n) is 11.7. The van der Waals surface area contributed by atoms with Crippen LogP contribution in [0.15, 0.2) is 60.8 Å². The van der Waals surface area contributed by atoms with Crippen LogP contribution >= 0.6 is 0 Å². The first-order valence-corrected chi connectivity index (χ1v) is 6.70. The van der Waals surface area contributed by atoms with E-state index in [-0.39, 0.29) is 0 Å². The van der Waals surface area contributed by atoms with Gasteiger partial charge in [-0.2, -0.15) is 0 Å². The predicted octanol–water partition coefficient (Wildman–Crippen LogP) is 3.17. The van der Waals surface area contributed by atoms with Gasteiger partial charge in [0, 0.05) is 5.56 Å². The zero-order chi connectivity index (χ0) is 14.7. The Morgan fingerprint density at radius 3 is 2.43 bits per heavy atom. The fourth-order valence-electron chi connectivity index (χ4n) is 2.18. The van der Waals surface area contributed by atoms with Gasteiger partial charge in [-0.05, 0) is 17.7 Å². The molecule has 4 nitrogen and oxygen atoms in total. The SMILES string of the molecule is COc1ccc(C(O)c2cnc(-c3ccccc3)[nH]2)cc1. The average Bonchev–Trinajstić information content (AvgIpc) is 3.05. The lowest BCUT2D eigenvalue weighted by Gasteiger charge is -2.09. The van der Waals surface area contributed by atoms with E-state index in [1.807, 2.05) is 54.6 Å². The minimum atomic E-state index is -0.735. The van der Waals surface area contributed by atoms with E-state index in [2.05, 4.69) is 9.97 Å². The minimum Gasteiger partial charge on any atom is -0.497 e. The second kappa shape index (κ2) is 5.81. The molecule has 0 bridgehead atoms. The zero-order valence-corrected chi connectivity index (χ0v) is 11.7. The van der Waals surface area contributed by atoms with E-state index in [0.29, 0.717) is 5.69 Å². The highest BCUT2D eigenvalue weighted by atomic mass is 16.5. The van der Waals surface area contributed by atoms with Crippen LogP contribution in [-0.4, -0.2) is 22.2 Å². The lowest BCUT2D eigenvalue weighted by molar-refractivity contribution is 0.216. The Kier molecular flexibility index (Phi) is 3.71. The molecule has 1 aromatic heterocycles. The lowest BCUT2D eigenvalue weighted by Crippen LogP contribution is -2.00. The highest BCUT2D eigenvalue weighted by Gasteiger charge is 2.14. The molecule has 106 valence electrons. The van der Waals surface area contributed by atoms with Crippen LogP contribution in [0.1, 0.15) is 17.4 Å². The molecule has 0 radical (unpaired) electrons. The minimum absolute atomic E-state index is 0.666. The summed E-state index contributed by atoms with van der Waals surface area (Å²) >= 11 is 0. The van der Waals surface area contributed by atoms with Crippen LogP contribution < -0.4 is 4.74 Å². The van der Waals surface area contributed by atoms with Gasteiger partial charge >= 0.3 is 0 Å². The fourth-order valence-corrected chi connectivity index (χ4v) is 2.18. The summed E-state index contributed by atoms with van der Waals surface area (Å²) in [6.07, 6.45) is 0.929. The highest BCUT2D eigenvalue weighted by Crippen LogP contribution is 2.24. The molecule has 0 saturated heterocycles. The average molecular weight is 280 g/mol. The van der Waals surface area contributed by atoms with Gasteiger partial charge in [-0.15, -0.1) is 0 Å². The maximum absolute atomic E-state index is 10.4. The summed E-state index contributed by atoms with van der Waals surface area (Å²) in [7, 11) is 1.62. The van der Waals surface area contributed by atoms with Crippen molar-refractivity contribution in [2.45, 2.75) is 6.10 Å². The summed E-state index contributed by atoms with van der Waals surface area (Å²) in [5.74, 6) is 1.51. The molecule has 0 amide bonds. The number of hydrogen-bond acceptors (Lipinski definition) is 3. The van der Waals surface area contributed by atoms with Crippen LogP contribution in [0.25, 0.3) is 11.4 Å². The van der Waals surface area contributed by atoms with Gasteiger partial charge in [0.2, 0.25) is 0 Å². The predicted molar refractivity (Wildman–Crippen MR) is 81.1 cm³/mol. The van der Waals surface area contributed by atoms with E-state index in [9.17, 15) is 5.11 Å². The topological polar surface area (TPSA) is 58.1 Å². The van der Waals surface area contributed by atoms with Crippen molar-refractivity contribution < 1.29 is 9.84 Å². The molecule has 0 aliphatic heterocycles. The number of benzene rings is 2. The van der Waals surface area contributed by atoms with Gasteiger partial charge in [-0.25, -0.2) is 4.98 Å². The van der Waals surface area contributed by atoms with Crippen molar-refractivity contribution in [3.8, 4) is 17.1 Å². The van der Waals surface area contributed by atoms with Gasteiger partial charge < -0.3 is 14.8 Å². The molecule has 3 rings (SSSR count). The number of rotatable bonds is 4. The Bertz CT molecular complexity index is 705. The molecule has 21 heavy (non-hydrogen) atoms. The van der Waals surface area contributed by atoms with Gasteiger partial charge in [0.25, 0.3) is 0 Å². The number of nitrogens with zero attached hydrogens (tertiary/aromatic N) is 1. The van der Waals surface area contributed by atoms with Crippen LogP contribution in [0.4, 0.5) is 0 Å². The molecule has 1 unspecified atom stereocenters. The molecule has 2 N–H and O–H groups in total. The number of aromatic nitrogens is 2. The number of H-pyrrole nitrogens is 1. The van der Waals surface area contributed by atoms with Crippen molar-refractivity contribution in [2.75, 3.05) is 7.11 Å². The Morgan fingerprint density at radius 2 is 1.76 bits per heavy atom. The summed E-state index contributed by atoms with van der Waals surface area (Å²) in [6.45, 7) is 0. The molecular formula is C17H16N2O2. The first-order chi connectivity index (χ1) is 10.3.